The summed E-state index contributed by atoms with van der Waals surface area (Å²) in [5, 5.41) is 2.99. The Morgan fingerprint density at radius 2 is 1.18 bits per heavy atom. The molecule has 40 heavy (non-hydrogen) atoms. The molecule has 4 rings (SSSR count). The first-order valence-electron chi connectivity index (χ1n) is 12.7. The minimum atomic E-state index is -4.47. The molecule has 0 saturated carbocycles. The largest absolute Gasteiger partial charge is 0.325 e. The highest BCUT2D eigenvalue weighted by Crippen LogP contribution is 2.35. The highest BCUT2D eigenvalue weighted by atomic mass is 32.3. The summed E-state index contributed by atoms with van der Waals surface area (Å²) in [6, 6.07) is 27.8. The predicted octanol–water partition coefficient (Wildman–Crippen LogP) is 6.23. The molecule has 0 radical (unpaired) electrons. The SMILES string of the molecule is Cc1cc(NC(=O)C(C)(C)C)c(-c2ccccc2)cc1CN(S(=O)(=O)c1ccccc1)S(=O)(=O)c1ccccc1. The fraction of sp³-hybridized carbons (Fsp3) is 0.194. The molecule has 1 amide bonds. The second-order valence-electron chi connectivity index (χ2n) is 10.5. The van der Waals surface area contributed by atoms with Gasteiger partial charge >= 0.3 is 0 Å². The molecular weight excluding hydrogens is 544 g/mol. The molecule has 0 bridgehead atoms. The fourth-order valence-corrected chi connectivity index (χ4v) is 7.69. The molecule has 0 atom stereocenters. The Balaban J connectivity index is 1.89. The van der Waals surface area contributed by atoms with Gasteiger partial charge in [0.25, 0.3) is 20.0 Å². The van der Waals surface area contributed by atoms with E-state index < -0.39 is 32.0 Å². The van der Waals surface area contributed by atoms with Crippen molar-refractivity contribution in [3.8, 4) is 11.1 Å². The smallest absolute Gasteiger partial charge is 0.256 e. The summed E-state index contributed by atoms with van der Waals surface area (Å²) in [6.07, 6.45) is 0. The molecule has 0 saturated heterocycles. The Morgan fingerprint density at radius 1 is 0.725 bits per heavy atom. The molecule has 7 nitrogen and oxygen atoms in total. The standard InChI is InChI=1S/C31H32N2O5S2/c1-23-20-29(32-30(34)31(2,3)4)28(24-14-8-5-9-15-24)21-25(23)22-33(39(35,36)26-16-10-6-11-17-26)40(37,38)27-18-12-7-13-19-27/h5-21H,22H2,1-4H3,(H,32,34). The quantitative estimate of drug-likeness (QED) is 0.268. The third kappa shape index (κ3) is 6.17. The van der Waals surface area contributed by atoms with Crippen molar-refractivity contribution in [3.63, 3.8) is 0 Å². The second kappa shape index (κ2) is 11.4. The van der Waals surface area contributed by atoms with Gasteiger partial charge in [-0.1, -0.05) is 91.2 Å². The van der Waals surface area contributed by atoms with E-state index in [2.05, 4.69) is 5.32 Å². The molecule has 0 aromatic heterocycles. The van der Waals surface area contributed by atoms with Gasteiger partial charge in [-0.3, -0.25) is 4.79 Å². The van der Waals surface area contributed by atoms with Crippen LogP contribution in [-0.4, -0.2) is 26.5 Å². The van der Waals surface area contributed by atoms with Crippen molar-refractivity contribution in [2.45, 2.75) is 44.0 Å². The zero-order valence-electron chi connectivity index (χ0n) is 22.8. The summed E-state index contributed by atoms with van der Waals surface area (Å²) in [5.74, 6) is -0.184. The lowest BCUT2D eigenvalue weighted by molar-refractivity contribution is -0.123. The van der Waals surface area contributed by atoms with Crippen LogP contribution in [0.1, 0.15) is 31.9 Å². The average molecular weight is 577 g/mol. The molecule has 0 spiro atoms. The van der Waals surface area contributed by atoms with Crippen molar-refractivity contribution < 1.29 is 21.6 Å². The first-order valence-corrected chi connectivity index (χ1v) is 15.6. The summed E-state index contributed by atoms with van der Waals surface area (Å²) in [6.45, 7) is 6.76. The number of sulfonamides is 2. The number of hydrogen-bond acceptors (Lipinski definition) is 5. The fourth-order valence-electron chi connectivity index (χ4n) is 4.05. The van der Waals surface area contributed by atoms with Crippen LogP contribution in [0.2, 0.25) is 0 Å². The van der Waals surface area contributed by atoms with Crippen LogP contribution in [0.4, 0.5) is 5.69 Å². The number of carbonyl (C=O) groups excluding carboxylic acids is 1. The van der Waals surface area contributed by atoms with Gasteiger partial charge in [-0.2, -0.15) is 0 Å². The predicted molar refractivity (Wildman–Crippen MR) is 157 cm³/mol. The molecule has 0 aliphatic rings. The summed E-state index contributed by atoms with van der Waals surface area (Å²) in [5.41, 5.74) is 2.44. The number of amides is 1. The zero-order chi connectivity index (χ0) is 29.1. The number of anilines is 1. The molecule has 208 valence electrons. The number of carbonyl (C=O) groups is 1. The van der Waals surface area contributed by atoms with Gasteiger partial charge in [0.15, 0.2) is 0 Å². The Morgan fingerprint density at radius 3 is 1.62 bits per heavy atom. The van der Waals surface area contributed by atoms with Gasteiger partial charge in [-0.05, 0) is 60.0 Å². The number of nitrogens with one attached hydrogen (secondary N) is 1. The Bertz CT molecular complexity index is 1650. The minimum Gasteiger partial charge on any atom is -0.325 e. The van der Waals surface area contributed by atoms with Gasteiger partial charge in [0.1, 0.15) is 0 Å². The summed E-state index contributed by atoms with van der Waals surface area (Å²) < 4.78 is 55.9. The van der Waals surface area contributed by atoms with Crippen LogP contribution < -0.4 is 5.32 Å². The molecule has 4 aromatic rings. The zero-order valence-corrected chi connectivity index (χ0v) is 24.5. The maximum Gasteiger partial charge on any atom is 0.256 e. The van der Waals surface area contributed by atoms with E-state index in [1.807, 2.05) is 51.1 Å². The van der Waals surface area contributed by atoms with Gasteiger partial charge in [0.05, 0.1) is 16.3 Å². The average Bonchev–Trinajstić information content (AvgIpc) is 2.93. The number of rotatable bonds is 8. The maximum absolute atomic E-state index is 13.8. The lowest BCUT2D eigenvalue weighted by atomic mass is 9.93. The van der Waals surface area contributed by atoms with Crippen LogP contribution in [0.3, 0.4) is 0 Å². The summed E-state index contributed by atoms with van der Waals surface area (Å²) in [7, 11) is -8.94. The molecular formula is C31H32N2O5S2. The van der Waals surface area contributed by atoms with Crippen LogP contribution in [0.15, 0.2) is 113 Å². The van der Waals surface area contributed by atoms with E-state index in [4.69, 9.17) is 0 Å². The van der Waals surface area contributed by atoms with Gasteiger partial charge in [0.2, 0.25) is 5.91 Å². The van der Waals surface area contributed by atoms with Crippen molar-refractivity contribution in [2.24, 2.45) is 5.41 Å². The highest BCUT2D eigenvalue weighted by Gasteiger charge is 2.37. The van der Waals surface area contributed by atoms with E-state index in [9.17, 15) is 21.6 Å². The van der Waals surface area contributed by atoms with Crippen LogP contribution >= 0.6 is 0 Å². The van der Waals surface area contributed by atoms with Crippen molar-refractivity contribution in [1.29, 1.82) is 0 Å². The third-order valence-corrected chi connectivity index (χ3v) is 10.7. The normalized spacial score (nSPS) is 12.3. The van der Waals surface area contributed by atoms with Crippen molar-refractivity contribution in [3.05, 3.63) is 114 Å². The van der Waals surface area contributed by atoms with Crippen molar-refractivity contribution >= 4 is 31.6 Å². The lowest BCUT2D eigenvalue weighted by Crippen LogP contribution is -2.36. The molecule has 1 N–H and O–H groups in total. The van der Waals surface area contributed by atoms with E-state index in [-0.39, 0.29) is 15.7 Å². The third-order valence-electron chi connectivity index (χ3n) is 6.41. The van der Waals surface area contributed by atoms with Gasteiger partial charge in [-0.15, -0.1) is 0 Å². The first kappa shape index (κ1) is 29.2. The topological polar surface area (TPSA) is 101 Å². The van der Waals surface area contributed by atoms with Gasteiger partial charge in [-0.25, -0.2) is 16.8 Å². The van der Waals surface area contributed by atoms with E-state index in [1.165, 1.54) is 24.3 Å². The monoisotopic (exact) mass is 576 g/mol. The van der Waals surface area contributed by atoms with Gasteiger partial charge in [0, 0.05) is 16.7 Å². The summed E-state index contributed by atoms with van der Waals surface area (Å²) >= 11 is 0. The Hall–Kier alpha value is -3.79. The number of hydrogen-bond donors (Lipinski definition) is 1. The van der Waals surface area contributed by atoms with Crippen molar-refractivity contribution in [2.75, 3.05) is 5.32 Å². The molecule has 0 aliphatic carbocycles. The van der Waals surface area contributed by atoms with Crippen LogP contribution in [0, 0.1) is 12.3 Å². The van der Waals surface area contributed by atoms with E-state index in [0.717, 1.165) is 5.56 Å². The minimum absolute atomic E-state index is 0.135. The number of aryl methyl sites for hydroxylation is 1. The van der Waals surface area contributed by atoms with E-state index in [0.29, 0.717) is 26.1 Å². The van der Waals surface area contributed by atoms with E-state index in [1.54, 1.807) is 55.5 Å². The Labute approximate surface area is 236 Å². The molecule has 0 heterocycles. The number of nitrogens with zero attached hydrogens (tertiary/aromatic N) is 1. The molecule has 0 fully saturated rings. The first-order chi connectivity index (χ1) is 18.8. The molecule has 0 unspecified atom stereocenters. The molecule has 9 heteroatoms. The van der Waals surface area contributed by atoms with Crippen LogP contribution in [0.25, 0.3) is 11.1 Å². The molecule has 4 aromatic carbocycles. The van der Waals surface area contributed by atoms with Crippen LogP contribution in [0.5, 0.6) is 0 Å². The maximum atomic E-state index is 13.8. The second-order valence-corrected chi connectivity index (χ2v) is 14.4. The number of benzene rings is 4. The lowest BCUT2D eigenvalue weighted by Gasteiger charge is -2.25. The van der Waals surface area contributed by atoms with Crippen molar-refractivity contribution in [1.82, 2.24) is 3.71 Å². The Kier molecular flexibility index (Phi) is 8.30. The van der Waals surface area contributed by atoms with Gasteiger partial charge < -0.3 is 5.32 Å². The van der Waals surface area contributed by atoms with Crippen LogP contribution in [-0.2, 0) is 31.4 Å². The highest BCUT2D eigenvalue weighted by molar-refractivity contribution is 8.04. The molecule has 0 aliphatic heterocycles. The summed E-state index contributed by atoms with van der Waals surface area (Å²) in [4.78, 5) is 12.6. The van der Waals surface area contributed by atoms with E-state index >= 15 is 0 Å².